The van der Waals surface area contributed by atoms with Gasteiger partial charge in [0.25, 0.3) is 11.8 Å². The maximum Gasteiger partial charge on any atom is 0.341 e. The van der Waals surface area contributed by atoms with Gasteiger partial charge in [-0.3, -0.25) is 9.59 Å². The molecule has 0 aliphatic heterocycles. The number of nitrogens with one attached hydrogen (secondary N) is 2. The molecule has 2 aromatic carbocycles. The number of anilines is 1. The van der Waals surface area contributed by atoms with Gasteiger partial charge in [0.05, 0.1) is 17.0 Å². The van der Waals surface area contributed by atoms with Gasteiger partial charge in [0.1, 0.15) is 10.8 Å². The highest BCUT2D eigenvalue weighted by Crippen LogP contribution is 2.34. The summed E-state index contributed by atoms with van der Waals surface area (Å²) in [6, 6.07) is 14.8. The molecule has 2 amide bonds. The average Bonchev–Trinajstić information content (AvgIpc) is 3.10. The van der Waals surface area contributed by atoms with Crippen molar-refractivity contribution in [2.45, 2.75) is 20.3 Å². The molecule has 0 bridgehead atoms. The van der Waals surface area contributed by atoms with E-state index in [1.54, 1.807) is 13.8 Å². The summed E-state index contributed by atoms with van der Waals surface area (Å²) in [4.78, 5) is 38.2. The van der Waals surface area contributed by atoms with Gasteiger partial charge in [-0.25, -0.2) is 9.18 Å². The Morgan fingerprint density at radius 3 is 2.34 bits per heavy atom. The molecule has 2 N–H and O–H groups in total. The summed E-state index contributed by atoms with van der Waals surface area (Å²) in [5.74, 6) is -1.95. The number of esters is 1. The van der Waals surface area contributed by atoms with Crippen LogP contribution < -0.4 is 10.6 Å². The minimum Gasteiger partial charge on any atom is -0.462 e. The van der Waals surface area contributed by atoms with Gasteiger partial charge in [-0.05, 0) is 55.7 Å². The van der Waals surface area contributed by atoms with Crippen LogP contribution in [0.5, 0.6) is 0 Å². The maximum atomic E-state index is 13.2. The highest BCUT2D eigenvalue weighted by atomic mass is 32.1. The summed E-state index contributed by atoms with van der Waals surface area (Å²) < 4.78 is 18.3. The molecule has 3 aromatic rings. The Hall–Kier alpha value is -3.52. The molecule has 0 atom stereocenters. The van der Waals surface area contributed by atoms with Crippen LogP contribution in [-0.4, -0.2) is 30.9 Å². The lowest BCUT2D eigenvalue weighted by molar-refractivity contribution is 0.0527. The number of ether oxygens (including phenoxy) is 1. The zero-order chi connectivity index (χ0) is 23.1. The van der Waals surface area contributed by atoms with E-state index in [2.05, 4.69) is 10.6 Å². The molecule has 0 spiro atoms. The smallest absolute Gasteiger partial charge is 0.341 e. The van der Waals surface area contributed by atoms with Crippen LogP contribution in [0.1, 0.15) is 48.4 Å². The zero-order valence-corrected chi connectivity index (χ0v) is 18.6. The number of thiophene rings is 1. The maximum absolute atomic E-state index is 13.2. The minimum atomic E-state index is -0.626. The van der Waals surface area contributed by atoms with Crippen molar-refractivity contribution in [1.82, 2.24) is 5.32 Å². The fourth-order valence-corrected chi connectivity index (χ4v) is 4.20. The second kappa shape index (κ2) is 10.7. The van der Waals surface area contributed by atoms with Crippen LogP contribution in [0.15, 0.2) is 54.6 Å². The van der Waals surface area contributed by atoms with Crippen LogP contribution >= 0.6 is 11.3 Å². The molecule has 1 aromatic heterocycles. The molecule has 0 aliphatic carbocycles. The predicted molar refractivity (Wildman–Crippen MR) is 122 cm³/mol. The first-order chi connectivity index (χ1) is 15.4. The zero-order valence-electron chi connectivity index (χ0n) is 17.7. The van der Waals surface area contributed by atoms with Crippen molar-refractivity contribution in [3.05, 3.63) is 87.5 Å². The van der Waals surface area contributed by atoms with E-state index < -0.39 is 17.7 Å². The quantitative estimate of drug-likeness (QED) is 0.488. The molecule has 8 heteroatoms. The molecule has 0 radical (unpaired) electrons. The van der Waals surface area contributed by atoms with Gasteiger partial charge in [0, 0.05) is 12.1 Å². The van der Waals surface area contributed by atoms with Crippen molar-refractivity contribution >= 4 is 34.1 Å². The van der Waals surface area contributed by atoms with E-state index in [-0.39, 0.29) is 28.6 Å². The van der Waals surface area contributed by atoms with Gasteiger partial charge in [0.15, 0.2) is 0 Å². The van der Waals surface area contributed by atoms with E-state index >= 15 is 0 Å². The Morgan fingerprint density at radius 2 is 1.69 bits per heavy atom. The Labute approximate surface area is 189 Å². The molecule has 0 saturated carbocycles. The van der Waals surface area contributed by atoms with Crippen LogP contribution in [-0.2, 0) is 11.2 Å². The molecule has 166 valence electrons. The van der Waals surface area contributed by atoms with Crippen LogP contribution in [0.4, 0.5) is 9.39 Å². The van der Waals surface area contributed by atoms with Crippen LogP contribution in [0, 0.1) is 12.7 Å². The van der Waals surface area contributed by atoms with Crippen LogP contribution in [0.3, 0.4) is 0 Å². The topological polar surface area (TPSA) is 84.5 Å². The molecule has 32 heavy (non-hydrogen) atoms. The fraction of sp³-hybridized carbons (Fsp3) is 0.208. The van der Waals surface area contributed by atoms with Crippen molar-refractivity contribution in [3.8, 4) is 0 Å². The number of hydrogen-bond donors (Lipinski definition) is 2. The second-order valence-corrected chi connectivity index (χ2v) is 7.95. The number of benzene rings is 2. The van der Waals surface area contributed by atoms with Crippen LogP contribution in [0.2, 0.25) is 0 Å². The lowest BCUT2D eigenvalue weighted by Crippen LogP contribution is -2.25. The minimum absolute atomic E-state index is 0.139. The summed E-state index contributed by atoms with van der Waals surface area (Å²) in [6.07, 6.45) is 0.663. The standard InChI is InChI=1S/C24H23FN2O4S/c1-3-31-24(30)19-15(2)20(22(29)26-14-13-16-7-5-4-6-8-16)32-23(19)27-21(28)17-9-11-18(25)12-10-17/h4-12H,3,13-14H2,1-2H3,(H,26,29)(H,27,28). The third-order valence-electron chi connectivity index (χ3n) is 4.71. The van der Waals surface area contributed by atoms with E-state index in [9.17, 15) is 18.8 Å². The summed E-state index contributed by atoms with van der Waals surface area (Å²) in [5, 5.41) is 5.73. The van der Waals surface area contributed by atoms with E-state index in [1.807, 2.05) is 30.3 Å². The molecule has 0 unspecified atom stereocenters. The molecular formula is C24H23FN2O4S. The summed E-state index contributed by atoms with van der Waals surface area (Å²) in [5.41, 5.74) is 1.89. The van der Waals surface area contributed by atoms with Gasteiger partial charge in [0.2, 0.25) is 0 Å². The van der Waals surface area contributed by atoms with Crippen molar-refractivity contribution in [2.75, 3.05) is 18.5 Å². The third kappa shape index (κ3) is 5.59. The van der Waals surface area contributed by atoms with Crippen molar-refractivity contribution in [2.24, 2.45) is 0 Å². The second-order valence-electron chi connectivity index (χ2n) is 6.93. The van der Waals surface area contributed by atoms with Gasteiger partial charge in [-0.2, -0.15) is 0 Å². The number of carbonyl (C=O) groups is 3. The molecular weight excluding hydrogens is 431 g/mol. The van der Waals surface area contributed by atoms with E-state index in [0.717, 1.165) is 16.9 Å². The molecule has 0 fully saturated rings. The van der Waals surface area contributed by atoms with E-state index in [4.69, 9.17) is 4.74 Å². The fourth-order valence-electron chi connectivity index (χ4n) is 3.09. The Kier molecular flexibility index (Phi) is 7.72. The molecule has 1 heterocycles. The van der Waals surface area contributed by atoms with Crippen molar-refractivity contribution in [3.63, 3.8) is 0 Å². The van der Waals surface area contributed by atoms with Gasteiger partial charge < -0.3 is 15.4 Å². The molecule has 6 nitrogen and oxygen atoms in total. The highest BCUT2D eigenvalue weighted by Gasteiger charge is 2.26. The summed E-state index contributed by atoms with van der Waals surface area (Å²) in [6.45, 7) is 3.89. The molecule has 0 saturated heterocycles. The van der Waals surface area contributed by atoms with Gasteiger partial charge >= 0.3 is 5.97 Å². The Bertz CT molecular complexity index is 1110. The molecule has 0 aliphatic rings. The van der Waals surface area contributed by atoms with Crippen molar-refractivity contribution < 1.29 is 23.5 Å². The van der Waals surface area contributed by atoms with Gasteiger partial charge in [-0.1, -0.05) is 30.3 Å². The monoisotopic (exact) mass is 454 g/mol. The first kappa shape index (κ1) is 23.1. The number of carbonyl (C=O) groups excluding carboxylic acids is 3. The summed E-state index contributed by atoms with van der Waals surface area (Å²) >= 11 is 1.00. The summed E-state index contributed by atoms with van der Waals surface area (Å²) in [7, 11) is 0. The Balaban J connectivity index is 1.80. The lowest BCUT2D eigenvalue weighted by atomic mass is 10.1. The molecule has 3 rings (SSSR count). The first-order valence-electron chi connectivity index (χ1n) is 10.1. The average molecular weight is 455 g/mol. The first-order valence-corrected chi connectivity index (χ1v) is 10.9. The SMILES string of the molecule is CCOC(=O)c1c(NC(=O)c2ccc(F)cc2)sc(C(=O)NCCc2ccccc2)c1C. The number of hydrogen-bond acceptors (Lipinski definition) is 5. The largest absolute Gasteiger partial charge is 0.462 e. The lowest BCUT2D eigenvalue weighted by Gasteiger charge is -2.07. The number of rotatable bonds is 8. The van der Waals surface area contributed by atoms with Crippen molar-refractivity contribution in [1.29, 1.82) is 0 Å². The number of amides is 2. The number of halogens is 1. The van der Waals surface area contributed by atoms with E-state index in [0.29, 0.717) is 23.4 Å². The predicted octanol–water partition coefficient (Wildman–Crippen LogP) is 4.60. The van der Waals surface area contributed by atoms with Crippen LogP contribution in [0.25, 0.3) is 0 Å². The van der Waals surface area contributed by atoms with Gasteiger partial charge in [-0.15, -0.1) is 11.3 Å². The highest BCUT2D eigenvalue weighted by molar-refractivity contribution is 7.18. The normalized spacial score (nSPS) is 10.5. The van der Waals surface area contributed by atoms with E-state index in [1.165, 1.54) is 24.3 Å². The third-order valence-corrected chi connectivity index (χ3v) is 5.91. The Morgan fingerprint density at radius 1 is 1.00 bits per heavy atom.